The van der Waals surface area contributed by atoms with E-state index in [0.717, 1.165) is 17.8 Å². The van der Waals surface area contributed by atoms with Gasteiger partial charge in [0.25, 0.3) is 0 Å². The van der Waals surface area contributed by atoms with Gasteiger partial charge in [0, 0.05) is 11.3 Å². The summed E-state index contributed by atoms with van der Waals surface area (Å²) in [6, 6.07) is 0.821. The summed E-state index contributed by atoms with van der Waals surface area (Å²) in [5.74, 6) is 1.35. The largest absolute Gasteiger partial charge is 0.320 e. The van der Waals surface area contributed by atoms with Crippen LogP contribution in [0.3, 0.4) is 0 Å². The average Bonchev–Trinajstić information content (AvgIpc) is 2.52. The van der Waals surface area contributed by atoms with Crippen molar-refractivity contribution in [2.75, 3.05) is 32.9 Å². The molecule has 1 saturated heterocycles. The molecule has 0 bridgehead atoms. The molecule has 1 fully saturated rings. The summed E-state index contributed by atoms with van der Waals surface area (Å²) in [4.78, 5) is 2.53. The lowest BCUT2D eigenvalue weighted by atomic mass is 10.1. The second-order valence-corrected chi connectivity index (χ2v) is 5.35. The molecular weight excluding hydrogens is 180 g/mol. The van der Waals surface area contributed by atoms with Gasteiger partial charge in [-0.3, -0.25) is 0 Å². The molecule has 78 valence electrons. The summed E-state index contributed by atoms with van der Waals surface area (Å²) in [6.07, 6.45) is 2.64. The molecule has 0 aromatic heterocycles. The maximum absolute atomic E-state index is 3.19. The molecule has 0 aliphatic carbocycles. The Kier molecular flexibility index (Phi) is 5.14. The van der Waals surface area contributed by atoms with E-state index in [1.165, 1.54) is 25.1 Å². The number of thioether (sulfide) groups is 1. The predicted octanol–water partition coefficient (Wildman–Crippen LogP) is 1.42. The first-order valence-electron chi connectivity index (χ1n) is 5.22. The summed E-state index contributed by atoms with van der Waals surface area (Å²) >= 11 is 2.12. The van der Waals surface area contributed by atoms with Crippen LogP contribution in [-0.4, -0.2) is 49.1 Å². The monoisotopic (exact) mass is 202 g/mol. The highest BCUT2D eigenvalue weighted by Gasteiger charge is 2.26. The van der Waals surface area contributed by atoms with Crippen LogP contribution in [0.5, 0.6) is 0 Å². The Balaban J connectivity index is 2.18. The summed E-state index contributed by atoms with van der Waals surface area (Å²) < 4.78 is 0. The van der Waals surface area contributed by atoms with Crippen LogP contribution in [0.1, 0.15) is 19.8 Å². The summed E-state index contributed by atoms with van der Waals surface area (Å²) in [5.41, 5.74) is 0. The Morgan fingerprint density at radius 2 is 2.31 bits per heavy atom. The molecule has 0 aromatic rings. The van der Waals surface area contributed by atoms with E-state index in [2.05, 4.69) is 35.9 Å². The van der Waals surface area contributed by atoms with Gasteiger partial charge in [-0.05, 0) is 45.8 Å². The van der Waals surface area contributed by atoms with Gasteiger partial charge in [-0.1, -0.05) is 6.92 Å². The number of hydrogen-bond donors (Lipinski definition) is 1. The van der Waals surface area contributed by atoms with Gasteiger partial charge in [0.15, 0.2) is 0 Å². The van der Waals surface area contributed by atoms with E-state index in [1.807, 2.05) is 7.05 Å². The Hall–Kier alpha value is 0.270. The Labute approximate surface area is 86.5 Å². The first-order valence-corrected chi connectivity index (χ1v) is 6.27. The average molecular weight is 202 g/mol. The minimum Gasteiger partial charge on any atom is -0.320 e. The molecule has 0 saturated carbocycles. The molecular formula is C10H22N2S. The van der Waals surface area contributed by atoms with E-state index in [-0.39, 0.29) is 0 Å². The maximum Gasteiger partial charge on any atom is 0.0216 e. The standard InChI is InChI=1S/C10H22N2S/c1-9-10(5-8-13-9)12(3)7-4-6-11-2/h9-11H,4-8H2,1-3H3. The van der Waals surface area contributed by atoms with Gasteiger partial charge < -0.3 is 10.2 Å². The molecule has 2 atom stereocenters. The van der Waals surface area contributed by atoms with Crippen molar-refractivity contribution >= 4 is 11.8 Å². The molecule has 3 heteroatoms. The van der Waals surface area contributed by atoms with Gasteiger partial charge in [-0.15, -0.1) is 0 Å². The SMILES string of the molecule is CNCCCN(C)C1CCSC1C. The lowest BCUT2D eigenvalue weighted by molar-refractivity contribution is 0.240. The fraction of sp³-hybridized carbons (Fsp3) is 1.00. The molecule has 13 heavy (non-hydrogen) atoms. The third-order valence-corrected chi connectivity index (χ3v) is 4.15. The molecule has 0 radical (unpaired) electrons. The third kappa shape index (κ3) is 3.49. The van der Waals surface area contributed by atoms with Crippen LogP contribution in [0.25, 0.3) is 0 Å². The second kappa shape index (κ2) is 5.89. The molecule has 2 unspecified atom stereocenters. The smallest absolute Gasteiger partial charge is 0.0216 e. The number of rotatable bonds is 5. The molecule has 1 aliphatic rings. The summed E-state index contributed by atoms with van der Waals surface area (Å²) in [6.45, 7) is 4.73. The fourth-order valence-corrected chi connectivity index (χ4v) is 3.29. The van der Waals surface area contributed by atoms with Gasteiger partial charge in [-0.2, -0.15) is 11.8 Å². The first kappa shape index (κ1) is 11.3. The van der Waals surface area contributed by atoms with Crippen LogP contribution in [-0.2, 0) is 0 Å². The lowest BCUT2D eigenvalue weighted by Crippen LogP contribution is -2.37. The van der Waals surface area contributed by atoms with Gasteiger partial charge >= 0.3 is 0 Å². The van der Waals surface area contributed by atoms with Crippen LogP contribution in [0.2, 0.25) is 0 Å². The number of nitrogens with one attached hydrogen (secondary N) is 1. The van der Waals surface area contributed by atoms with E-state index in [4.69, 9.17) is 0 Å². The molecule has 0 amide bonds. The summed E-state index contributed by atoms with van der Waals surface area (Å²) in [7, 11) is 4.29. The van der Waals surface area contributed by atoms with Crippen molar-refractivity contribution < 1.29 is 0 Å². The molecule has 1 heterocycles. The predicted molar refractivity (Wildman–Crippen MR) is 61.5 cm³/mol. The second-order valence-electron chi connectivity index (χ2n) is 3.87. The Morgan fingerprint density at radius 1 is 1.54 bits per heavy atom. The zero-order valence-corrected chi connectivity index (χ0v) is 9.86. The normalized spacial score (nSPS) is 28.6. The highest BCUT2D eigenvalue weighted by Crippen LogP contribution is 2.29. The van der Waals surface area contributed by atoms with Crippen LogP contribution < -0.4 is 5.32 Å². The van der Waals surface area contributed by atoms with Crippen molar-refractivity contribution in [2.45, 2.75) is 31.1 Å². The maximum atomic E-state index is 3.19. The van der Waals surface area contributed by atoms with Crippen LogP contribution in [0.4, 0.5) is 0 Å². The van der Waals surface area contributed by atoms with Gasteiger partial charge in [0.2, 0.25) is 0 Å². The molecule has 0 spiro atoms. The zero-order chi connectivity index (χ0) is 9.68. The number of nitrogens with zero attached hydrogens (tertiary/aromatic N) is 1. The zero-order valence-electron chi connectivity index (χ0n) is 9.05. The van der Waals surface area contributed by atoms with E-state index < -0.39 is 0 Å². The van der Waals surface area contributed by atoms with Crippen molar-refractivity contribution in [3.63, 3.8) is 0 Å². The number of hydrogen-bond acceptors (Lipinski definition) is 3. The van der Waals surface area contributed by atoms with Gasteiger partial charge in [-0.25, -0.2) is 0 Å². The molecule has 1 aliphatic heterocycles. The highest BCUT2D eigenvalue weighted by molar-refractivity contribution is 8.00. The molecule has 1 N–H and O–H groups in total. The first-order chi connectivity index (χ1) is 6.25. The minimum absolute atomic E-state index is 0.821. The lowest BCUT2D eigenvalue weighted by Gasteiger charge is -2.26. The van der Waals surface area contributed by atoms with Crippen molar-refractivity contribution in [1.82, 2.24) is 10.2 Å². The van der Waals surface area contributed by atoms with Gasteiger partial charge in [0.1, 0.15) is 0 Å². The van der Waals surface area contributed by atoms with E-state index in [1.54, 1.807) is 0 Å². The van der Waals surface area contributed by atoms with Crippen molar-refractivity contribution in [3.05, 3.63) is 0 Å². The van der Waals surface area contributed by atoms with E-state index in [9.17, 15) is 0 Å². The van der Waals surface area contributed by atoms with Crippen molar-refractivity contribution in [3.8, 4) is 0 Å². The molecule has 1 rings (SSSR count). The Morgan fingerprint density at radius 3 is 2.85 bits per heavy atom. The minimum atomic E-state index is 0.821. The molecule has 0 aromatic carbocycles. The highest BCUT2D eigenvalue weighted by atomic mass is 32.2. The van der Waals surface area contributed by atoms with E-state index >= 15 is 0 Å². The Bertz CT molecular complexity index is 141. The topological polar surface area (TPSA) is 15.3 Å². The third-order valence-electron chi connectivity index (χ3n) is 2.84. The van der Waals surface area contributed by atoms with Crippen LogP contribution in [0, 0.1) is 0 Å². The van der Waals surface area contributed by atoms with E-state index in [0.29, 0.717) is 0 Å². The van der Waals surface area contributed by atoms with Crippen molar-refractivity contribution in [1.29, 1.82) is 0 Å². The quantitative estimate of drug-likeness (QED) is 0.679. The van der Waals surface area contributed by atoms with Crippen LogP contribution >= 0.6 is 11.8 Å². The van der Waals surface area contributed by atoms with Crippen LogP contribution in [0.15, 0.2) is 0 Å². The van der Waals surface area contributed by atoms with Crippen molar-refractivity contribution in [2.24, 2.45) is 0 Å². The summed E-state index contributed by atoms with van der Waals surface area (Å²) in [5, 5.41) is 4.03. The van der Waals surface area contributed by atoms with Gasteiger partial charge in [0.05, 0.1) is 0 Å². The molecule has 2 nitrogen and oxygen atoms in total. The fourth-order valence-electron chi connectivity index (χ4n) is 1.97.